The van der Waals surface area contributed by atoms with E-state index < -0.39 is 0 Å². The summed E-state index contributed by atoms with van der Waals surface area (Å²) in [5, 5.41) is 10.8. The molecule has 2 unspecified atom stereocenters. The number of likely N-dealkylation sites (N-methyl/N-ethyl adjacent to an activating group) is 1. The minimum Gasteiger partial charge on any atom is -0.391 e. The van der Waals surface area contributed by atoms with Crippen molar-refractivity contribution < 1.29 is 5.11 Å². The summed E-state index contributed by atoms with van der Waals surface area (Å²) in [4.78, 5) is 2.13. The number of aliphatic hydroxyl groups is 1. The summed E-state index contributed by atoms with van der Waals surface area (Å²) >= 11 is 6.18. The van der Waals surface area contributed by atoms with Crippen molar-refractivity contribution in [2.75, 3.05) is 11.9 Å². The van der Waals surface area contributed by atoms with Crippen LogP contribution in [0.25, 0.3) is 0 Å². The fraction of sp³-hybridized carbons (Fsp3) is 0.571. The molecular formula is C14H21ClN2O. The number of rotatable bonds is 3. The Balaban J connectivity index is 2.17. The highest BCUT2D eigenvalue weighted by molar-refractivity contribution is 6.31. The zero-order chi connectivity index (χ0) is 13.1. The zero-order valence-electron chi connectivity index (χ0n) is 10.8. The average molecular weight is 269 g/mol. The monoisotopic (exact) mass is 268 g/mol. The number of hydrogen-bond acceptors (Lipinski definition) is 3. The number of halogens is 1. The Hall–Kier alpha value is -0.770. The van der Waals surface area contributed by atoms with E-state index in [1.165, 1.54) is 6.42 Å². The maximum absolute atomic E-state index is 10.1. The molecule has 0 saturated heterocycles. The summed E-state index contributed by atoms with van der Waals surface area (Å²) in [6, 6.07) is 6.11. The van der Waals surface area contributed by atoms with Crippen molar-refractivity contribution in [3.63, 3.8) is 0 Å². The van der Waals surface area contributed by atoms with Gasteiger partial charge in [0.15, 0.2) is 0 Å². The highest BCUT2D eigenvalue weighted by Crippen LogP contribution is 2.29. The summed E-state index contributed by atoms with van der Waals surface area (Å²) in [7, 11) is 2.02. The molecule has 1 aromatic carbocycles. The van der Waals surface area contributed by atoms with Crippen molar-refractivity contribution in [2.24, 2.45) is 5.73 Å². The molecule has 18 heavy (non-hydrogen) atoms. The summed E-state index contributed by atoms with van der Waals surface area (Å²) in [5.41, 5.74) is 7.60. The molecule has 0 spiro atoms. The van der Waals surface area contributed by atoms with Gasteiger partial charge in [0.1, 0.15) is 0 Å². The first-order valence-corrected chi connectivity index (χ1v) is 6.90. The highest BCUT2D eigenvalue weighted by Gasteiger charge is 2.26. The van der Waals surface area contributed by atoms with Crippen LogP contribution in [0.2, 0.25) is 5.02 Å². The summed E-state index contributed by atoms with van der Waals surface area (Å²) in [6.45, 7) is 0.453. The van der Waals surface area contributed by atoms with E-state index in [0.717, 1.165) is 30.5 Å². The SMILES string of the molecule is CN(c1ccc(CN)c(Cl)c1)C1CCCCC1O. The van der Waals surface area contributed by atoms with E-state index in [0.29, 0.717) is 11.6 Å². The molecule has 0 aromatic heterocycles. The first-order valence-electron chi connectivity index (χ1n) is 6.53. The lowest BCUT2D eigenvalue weighted by atomic mass is 9.91. The van der Waals surface area contributed by atoms with Gasteiger partial charge in [-0.3, -0.25) is 0 Å². The third-order valence-electron chi connectivity index (χ3n) is 3.86. The van der Waals surface area contributed by atoms with E-state index in [4.69, 9.17) is 17.3 Å². The van der Waals surface area contributed by atoms with Crippen LogP contribution in [-0.2, 0) is 6.54 Å². The topological polar surface area (TPSA) is 49.5 Å². The summed E-state index contributed by atoms with van der Waals surface area (Å²) < 4.78 is 0. The van der Waals surface area contributed by atoms with Crippen LogP contribution < -0.4 is 10.6 Å². The second kappa shape index (κ2) is 5.91. The molecule has 0 radical (unpaired) electrons. The van der Waals surface area contributed by atoms with Gasteiger partial charge in [0, 0.05) is 24.3 Å². The molecule has 0 aliphatic heterocycles. The summed E-state index contributed by atoms with van der Waals surface area (Å²) in [5.74, 6) is 0. The highest BCUT2D eigenvalue weighted by atomic mass is 35.5. The molecule has 2 atom stereocenters. The molecule has 3 nitrogen and oxygen atoms in total. The quantitative estimate of drug-likeness (QED) is 0.886. The molecule has 1 aliphatic rings. The molecule has 2 rings (SSSR count). The van der Waals surface area contributed by atoms with E-state index >= 15 is 0 Å². The molecule has 1 aliphatic carbocycles. The van der Waals surface area contributed by atoms with Crippen LogP contribution in [0, 0.1) is 0 Å². The van der Waals surface area contributed by atoms with Gasteiger partial charge in [0.25, 0.3) is 0 Å². The molecule has 1 fully saturated rings. The van der Waals surface area contributed by atoms with Gasteiger partial charge in [-0.2, -0.15) is 0 Å². The van der Waals surface area contributed by atoms with Gasteiger partial charge < -0.3 is 15.7 Å². The molecule has 1 saturated carbocycles. The van der Waals surface area contributed by atoms with Crippen LogP contribution in [0.5, 0.6) is 0 Å². The third-order valence-corrected chi connectivity index (χ3v) is 4.21. The molecular weight excluding hydrogens is 248 g/mol. The van der Waals surface area contributed by atoms with Crippen LogP contribution in [0.15, 0.2) is 18.2 Å². The smallest absolute Gasteiger partial charge is 0.0743 e. The minimum atomic E-state index is -0.239. The van der Waals surface area contributed by atoms with Crippen LogP contribution in [0.1, 0.15) is 31.2 Å². The maximum atomic E-state index is 10.1. The van der Waals surface area contributed by atoms with Crippen molar-refractivity contribution in [1.82, 2.24) is 0 Å². The lowest BCUT2D eigenvalue weighted by Crippen LogP contribution is -2.43. The van der Waals surface area contributed by atoms with Gasteiger partial charge in [-0.1, -0.05) is 30.5 Å². The predicted octanol–water partition coefficient (Wildman–Crippen LogP) is 2.54. The Morgan fingerprint density at radius 2 is 2.11 bits per heavy atom. The number of benzene rings is 1. The maximum Gasteiger partial charge on any atom is 0.0743 e. The van der Waals surface area contributed by atoms with Crippen LogP contribution in [0.4, 0.5) is 5.69 Å². The minimum absolute atomic E-state index is 0.193. The molecule has 0 heterocycles. The van der Waals surface area contributed by atoms with Crippen LogP contribution >= 0.6 is 11.6 Å². The number of aliphatic hydroxyl groups excluding tert-OH is 1. The van der Waals surface area contributed by atoms with Crippen LogP contribution in [-0.4, -0.2) is 24.3 Å². The van der Waals surface area contributed by atoms with Crippen LogP contribution in [0.3, 0.4) is 0 Å². The Labute approximate surface area is 114 Å². The Morgan fingerprint density at radius 1 is 1.39 bits per heavy atom. The average Bonchev–Trinajstić information content (AvgIpc) is 2.38. The molecule has 4 heteroatoms. The van der Waals surface area contributed by atoms with Gasteiger partial charge in [-0.25, -0.2) is 0 Å². The number of hydrogen-bond donors (Lipinski definition) is 2. The van der Waals surface area contributed by atoms with Crippen molar-refractivity contribution in [1.29, 1.82) is 0 Å². The Bertz CT molecular complexity index is 411. The number of nitrogens with two attached hydrogens (primary N) is 1. The molecule has 1 aromatic rings. The fourth-order valence-corrected chi connectivity index (χ4v) is 2.91. The van der Waals surface area contributed by atoms with Gasteiger partial charge in [0.2, 0.25) is 0 Å². The lowest BCUT2D eigenvalue weighted by Gasteiger charge is -2.36. The van der Waals surface area contributed by atoms with Gasteiger partial charge >= 0.3 is 0 Å². The van der Waals surface area contributed by atoms with Crippen molar-refractivity contribution >= 4 is 17.3 Å². The molecule has 0 bridgehead atoms. The lowest BCUT2D eigenvalue weighted by molar-refractivity contribution is 0.106. The normalized spacial score (nSPS) is 24.0. The van der Waals surface area contributed by atoms with Gasteiger partial charge in [-0.15, -0.1) is 0 Å². The Kier molecular flexibility index (Phi) is 4.49. The first-order chi connectivity index (χ1) is 8.63. The number of nitrogens with zero attached hydrogens (tertiary/aromatic N) is 1. The van der Waals surface area contributed by atoms with E-state index in [2.05, 4.69) is 4.90 Å². The predicted molar refractivity (Wildman–Crippen MR) is 76.0 cm³/mol. The van der Waals surface area contributed by atoms with Gasteiger partial charge in [0.05, 0.1) is 12.1 Å². The van der Waals surface area contributed by atoms with Crippen molar-refractivity contribution in [2.45, 2.75) is 44.4 Å². The third kappa shape index (κ3) is 2.79. The first kappa shape index (κ1) is 13.7. The largest absolute Gasteiger partial charge is 0.391 e. The van der Waals surface area contributed by atoms with E-state index in [-0.39, 0.29) is 12.1 Å². The zero-order valence-corrected chi connectivity index (χ0v) is 11.5. The number of anilines is 1. The van der Waals surface area contributed by atoms with E-state index in [1.54, 1.807) is 0 Å². The fourth-order valence-electron chi connectivity index (χ4n) is 2.66. The second-order valence-electron chi connectivity index (χ2n) is 5.01. The summed E-state index contributed by atoms with van der Waals surface area (Å²) in [6.07, 6.45) is 3.99. The van der Waals surface area contributed by atoms with E-state index in [9.17, 15) is 5.11 Å². The molecule has 3 N–H and O–H groups in total. The van der Waals surface area contributed by atoms with Crippen molar-refractivity contribution in [3.8, 4) is 0 Å². The molecule has 0 amide bonds. The Morgan fingerprint density at radius 3 is 2.72 bits per heavy atom. The van der Waals surface area contributed by atoms with E-state index in [1.807, 2.05) is 25.2 Å². The molecule has 100 valence electrons. The van der Waals surface area contributed by atoms with Crippen molar-refractivity contribution in [3.05, 3.63) is 28.8 Å². The van der Waals surface area contributed by atoms with Gasteiger partial charge in [-0.05, 0) is 30.5 Å². The second-order valence-corrected chi connectivity index (χ2v) is 5.42. The standard InChI is InChI=1S/C14H21ClN2O/c1-17(13-4-2-3-5-14(13)18)11-7-6-10(9-16)12(15)8-11/h6-8,13-14,18H,2-5,9,16H2,1H3.